The first-order valence-corrected chi connectivity index (χ1v) is 2.77. The van der Waals surface area contributed by atoms with E-state index in [4.69, 9.17) is 5.11 Å². The second kappa shape index (κ2) is 2.46. The topological polar surface area (TPSA) is 20.2 Å². The predicted octanol–water partition coefficient (Wildman–Crippen LogP) is 1.98. The standard InChI is InChI=1S/C7H9O/c8-7-5-3-1-2-4-6-7/h1-3,5,8H,4,6H2/q-1. The smallest absolute Gasteiger partial charge is 0.00685 e. The highest BCUT2D eigenvalue weighted by Gasteiger charge is 1.83. The molecule has 0 saturated carbocycles. The van der Waals surface area contributed by atoms with Gasteiger partial charge >= 0.3 is 0 Å². The fourth-order valence-electron chi connectivity index (χ4n) is 0.656. The Bertz CT molecular complexity index is 122. The summed E-state index contributed by atoms with van der Waals surface area (Å²) < 4.78 is 0. The molecule has 0 radical (unpaired) electrons. The van der Waals surface area contributed by atoms with Crippen molar-refractivity contribution >= 4 is 0 Å². The van der Waals surface area contributed by atoms with E-state index < -0.39 is 0 Å². The van der Waals surface area contributed by atoms with Gasteiger partial charge in [-0.15, -0.1) is 6.08 Å². The highest BCUT2D eigenvalue weighted by molar-refractivity contribution is 5.14. The van der Waals surface area contributed by atoms with E-state index in [0.29, 0.717) is 5.76 Å². The van der Waals surface area contributed by atoms with Crippen molar-refractivity contribution in [2.24, 2.45) is 0 Å². The molecule has 1 aliphatic rings. The molecule has 44 valence electrons. The largest absolute Gasteiger partial charge is 0.569 e. The fraction of sp³-hybridized carbons (Fsp3) is 0.286. The zero-order chi connectivity index (χ0) is 5.82. The molecule has 0 aromatic heterocycles. The Kier molecular flexibility index (Phi) is 1.62. The first kappa shape index (κ1) is 5.29. The molecule has 0 aliphatic heterocycles. The maximum absolute atomic E-state index is 8.88. The maximum Gasteiger partial charge on any atom is -0.00685 e. The summed E-state index contributed by atoms with van der Waals surface area (Å²) in [5.74, 6) is 0.481. The lowest BCUT2D eigenvalue weighted by molar-refractivity contribution is 0.390. The van der Waals surface area contributed by atoms with Gasteiger partial charge in [0.05, 0.1) is 0 Å². The van der Waals surface area contributed by atoms with E-state index in [1.807, 2.05) is 18.6 Å². The molecule has 8 heavy (non-hydrogen) atoms. The van der Waals surface area contributed by atoms with Gasteiger partial charge in [-0.05, 0) is 12.2 Å². The molecule has 1 rings (SSSR count). The monoisotopic (exact) mass is 109 g/mol. The maximum atomic E-state index is 8.88. The van der Waals surface area contributed by atoms with Crippen LogP contribution >= 0.6 is 0 Å². The summed E-state index contributed by atoms with van der Waals surface area (Å²) in [7, 11) is 0. The SMILES string of the molecule is OC1=C[CH-]C=CCC1. The van der Waals surface area contributed by atoms with Crippen LogP contribution in [-0.4, -0.2) is 5.11 Å². The molecular formula is C7H9O-. The average Bonchev–Trinajstić information content (AvgIpc) is 1.94. The van der Waals surface area contributed by atoms with Gasteiger partial charge in [0, 0.05) is 0 Å². The van der Waals surface area contributed by atoms with E-state index in [0.717, 1.165) is 12.8 Å². The van der Waals surface area contributed by atoms with Gasteiger partial charge in [0.2, 0.25) is 0 Å². The van der Waals surface area contributed by atoms with Crippen LogP contribution in [0, 0.1) is 6.42 Å². The van der Waals surface area contributed by atoms with E-state index in [1.54, 1.807) is 6.08 Å². The van der Waals surface area contributed by atoms with E-state index in [9.17, 15) is 0 Å². The van der Waals surface area contributed by atoms with Crippen LogP contribution in [0.2, 0.25) is 0 Å². The summed E-state index contributed by atoms with van der Waals surface area (Å²) in [6, 6.07) is 0. The molecule has 0 saturated heterocycles. The lowest BCUT2D eigenvalue weighted by Gasteiger charge is -1.97. The summed E-state index contributed by atoms with van der Waals surface area (Å²) in [5, 5.41) is 8.88. The molecule has 0 unspecified atom stereocenters. The van der Waals surface area contributed by atoms with Crippen molar-refractivity contribution < 1.29 is 5.11 Å². The highest BCUT2D eigenvalue weighted by Crippen LogP contribution is 2.06. The van der Waals surface area contributed by atoms with Crippen LogP contribution in [0.3, 0.4) is 0 Å². The Labute approximate surface area is 49.3 Å². The number of hydrogen-bond acceptors (Lipinski definition) is 1. The van der Waals surface area contributed by atoms with Gasteiger partial charge in [-0.2, -0.15) is 18.6 Å². The molecule has 1 heteroatoms. The van der Waals surface area contributed by atoms with Crippen molar-refractivity contribution in [3.63, 3.8) is 0 Å². The number of rotatable bonds is 0. The second-order valence-electron chi connectivity index (χ2n) is 1.82. The van der Waals surface area contributed by atoms with Crippen LogP contribution in [0.4, 0.5) is 0 Å². The van der Waals surface area contributed by atoms with Crippen molar-refractivity contribution in [3.8, 4) is 0 Å². The van der Waals surface area contributed by atoms with Crippen LogP contribution in [-0.2, 0) is 0 Å². The molecule has 0 amide bonds. The minimum atomic E-state index is 0.481. The summed E-state index contributed by atoms with van der Waals surface area (Å²) in [5.41, 5.74) is 0. The number of hydrogen-bond donors (Lipinski definition) is 1. The highest BCUT2D eigenvalue weighted by atomic mass is 16.3. The predicted molar refractivity (Wildman–Crippen MR) is 33.4 cm³/mol. The third-order valence-corrected chi connectivity index (χ3v) is 1.10. The van der Waals surface area contributed by atoms with Gasteiger partial charge in [0.15, 0.2) is 0 Å². The van der Waals surface area contributed by atoms with E-state index in [-0.39, 0.29) is 0 Å². The molecule has 0 heterocycles. The summed E-state index contributed by atoms with van der Waals surface area (Å²) in [4.78, 5) is 0. The minimum absolute atomic E-state index is 0.481. The van der Waals surface area contributed by atoms with Crippen molar-refractivity contribution in [2.75, 3.05) is 0 Å². The van der Waals surface area contributed by atoms with Crippen molar-refractivity contribution in [1.29, 1.82) is 0 Å². The molecule has 0 spiro atoms. The molecular weight excluding hydrogens is 100 g/mol. The Hall–Kier alpha value is -0.850. The summed E-state index contributed by atoms with van der Waals surface area (Å²) in [6.45, 7) is 0. The van der Waals surface area contributed by atoms with E-state index in [1.165, 1.54) is 0 Å². The molecule has 0 atom stereocenters. The van der Waals surface area contributed by atoms with Crippen LogP contribution in [0.1, 0.15) is 12.8 Å². The lowest BCUT2D eigenvalue weighted by Crippen LogP contribution is -1.75. The molecule has 1 aliphatic carbocycles. The summed E-state index contributed by atoms with van der Waals surface area (Å²) in [6.07, 6.45) is 9.31. The molecule has 0 bridgehead atoms. The number of aliphatic hydroxyl groups excluding tert-OH is 1. The molecule has 1 nitrogen and oxygen atoms in total. The van der Waals surface area contributed by atoms with Crippen LogP contribution < -0.4 is 0 Å². The molecule has 0 aromatic rings. The third kappa shape index (κ3) is 1.34. The molecule has 0 fully saturated rings. The van der Waals surface area contributed by atoms with Crippen molar-refractivity contribution in [2.45, 2.75) is 12.8 Å². The number of allylic oxidation sites excluding steroid dienone is 4. The van der Waals surface area contributed by atoms with Crippen LogP contribution in [0.25, 0.3) is 0 Å². The van der Waals surface area contributed by atoms with Gasteiger partial charge in [-0.3, -0.25) is 0 Å². The van der Waals surface area contributed by atoms with Gasteiger partial charge in [0.25, 0.3) is 0 Å². The van der Waals surface area contributed by atoms with Crippen LogP contribution in [0.5, 0.6) is 0 Å². The van der Waals surface area contributed by atoms with Crippen LogP contribution in [0.15, 0.2) is 24.0 Å². The van der Waals surface area contributed by atoms with Gasteiger partial charge < -0.3 is 5.11 Å². The van der Waals surface area contributed by atoms with Crippen molar-refractivity contribution in [3.05, 3.63) is 30.4 Å². The Balaban J connectivity index is 2.48. The van der Waals surface area contributed by atoms with Gasteiger partial charge in [0.1, 0.15) is 0 Å². The first-order valence-electron chi connectivity index (χ1n) is 2.77. The quantitative estimate of drug-likeness (QED) is 0.471. The van der Waals surface area contributed by atoms with Gasteiger partial charge in [-0.1, -0.05) is 6.42 Å². The van der Waals surface area contributed by atoms with Crippen molar-refractivity contribution in [1.82, 2.24) is 0 Å². The second-order valence-corrected chi connectivity index (χ2v) is 1.82. The third-order valence-electron chi connectivity index (χ3n) is 1.10. The lowest BCUT2D eigenvalue weighted by atomic mass is 10.3. The Morgan fingerprint density at radius 3 is 3.38 bits per heavy atom. The summed E-state index contributed by atoms with van der Waals surface area (Å²) >= 11 is 0. The Morgan fingerprint density at radius 2 is 2.50 bits per heavy atom. The molecule has 1 N–H and O–H groups in total. The zero-order valence-corrected chi connectivity index (χ0v) is 4.67. The zero-order valence-electron chi connectivity index (χ0n) is 4.67. The first-order chi connectivity index (χ1) is 3.89. The Morgan fingerprint density at radius 1 is 1.62 bits per heavy atom. The fourth-order valence-corrected chi connectivity index (χ4v) is 0.656. The average molecular weight is 109 g/mol. The number of aliphatic hydroxyl groups is 1. The van der Waals surface area contributed by atoms with E-state index in [2.05, 4.69) is 0 Å². The van der Waals surface area contributed by atoms with E-state index >= 15 is 0 Å². The normalized spacial score (nSPS) is 18.8. The van der Waals surface area contributed by atoms with Gasteiger partial charge in [-0.25, -0.2) is 0 Å². The minimum Gasteiger partial charge on any atom is -0.569 e. The molecule has 0 aromatic carbocycles.